The number of nitriles is 1. The highest BCUT2D eigenvalue weighted by Crippen LogP contribution is 2.33. The summed E-state index contributed by atoms with van der Waals surface area (Å²) in [5.41, 5.74) is 8.88. The average Bonchev–Trinajstić information content (AvgIpc) is 2.89. The minimum Gasteiger partial charge on any atom is -0.457 e. The number of ether oxygens (including phenoxy) is 1. The van der Waals surface area contributed by atoms with Crippen LogP contribution in [0.2, 0.25) is 0 Å². The van der Waals surface area contributed by atoms with Crippen molar-refractivity contribution < 1.29 is 9.53 Å². The Bertz CT molecular complexity index is 1270. The first-order valence-electron chi connectivity index (χ1n) is 12.0. The summed E-state index contributed by atoms with van der Waals surface area (Å²) in [5.74, 6) is 2.77. The molecule has 0 radical (unpaired) electrons. The molecule has 3 aromatic rings. The first-order chi connectivity index (χ1) is 17.5. The first kappa shape index (κ1) is 24.7. The van der Waals surface area contributed by atoms with Gasteiger partial charge in [0.15, 0.2) is 0 Å². The van der Waals surface area contributed by atoms with E-state index in [2.05, 4.69) is 15.3 Å². The SMILES string of the molecule is CC(C)=C(C#N)C(=O)N1CCC(CNc2ncnc(N)c2-c2ccc(Oc3ccccc3)cc2)CC1. The molecule has 0 spiro atoms. The molecular formula is C28H30N6O2. The van der Waals surface area contributed by atoms with Crippen LogP contribution in [0.5, 0.6) is 11.5 Å². The fourth-order valence-corrected chi connectivity index (χ4v) is 4.24. The molecule has 0 saturated carbocycles. The quantitative estimate of drug-likeness (QED) is 0.358. The number of para-hydroxylation sites is 1. The van der Waals surface area contributed by atoms with Gasteiger partial charge in [-0.15, -0.1) is 0 Å². The number of piperidine rings is 1. The van der Waals surface area contributed by atoms with Crippen LogP contribution in [0.1, 0.15) is 26.7 Å². The number of allylic oxidation sites excluding steroid dienone is 1. The summed E-state index contributed by atoms with van der Waals surface area (Å²) in [6.45, 7) is 5.55. The van der Waals surface area contributed by atoms with Gasteiger partial charge in [-0.3, -0.25) is 4.79 Å². The van der Waals surface area contributed by atoms with Crippen molar-refractivity contribution in [3.05, 3.63) is 72.1 Å². The number of nitrogens with two attached hydrogens (primary N) is 1. The second-order valence-corrected chi connectivity index (χ2v) is 9.03. The van der Waals surface area contributed by atoms with Gasteiger partial charge in [-0.25, -0.2) is 9.97 Å². The zero-order valence-corrected chi connectivity index (χ0v) is 20.6. The highest BCUT2D eigenvalue weighted by molar-refractivity contribution is 5.98. The number of carbonyl (C=O) groups excluding carboxylic acids is 1. The lowest BCUT2D eigenvalue weighted by Crippen LogP contribution is -2.40. The summed E-state index contributed by atoms with van der Waals surface area (Å²) >= 11 is 0. The molecule has 8 nitrogen and oxygen atoms in total. The van der Waals surface area contributed by atoms with E-state index in [0.29, 0.717) is 37.2 Å². The fourth-order valence-electron chi connectivity index (χ4n) is 4.24. The number of nitrogen functional groups attached to an aromatic ring is 1. The molecule has 1 saturated heterocycles. The van der Waals surface area contributed by atoms with Crippen LogP contribution in [0.15, 0.2) is 72.1 Å². The van der Waals surface area contributed by atoms with Crippen molar-refractivity contribution in [1.82, 2.24) is 14.9 Å². The summed E-state index contributed by atoms with van der Waals surface area (Å²) in [4.78, 5) is 23.0. The molecule has 0 bridgehead atoms. The van der Waals surface area contributed by atoms with Crippen LogP contribution in [0, 0.1) is 17.2 Å². The normalized spacial score (nSPS) is 13.5. The number of anilines is 2. The maximum atomic E-state index is 12.6. The van der Waals surface area contributed by atoms with Gasteiger partial charge < -0.3 is 20.7 Å². The standard InChI is InChI=1S/C28H30N6O2/c1-19(2)24(16-29)28(35)34-14-12-20(13-15-34)17-31-27-25(26(30)32-18-33-27)21-8-10-23(11-9-21)36-22-6-4-3-5-7-22/h3-11,18,20H,12-15,17H2,1-2H3,(H3,30,31,32,33). The van der Waals surface area contributed by atoms with Gasteiger partial charge in [-0.2, -0.15) is 5.26 Å². The number of hydrogen-bond acceptors (Lipinski definition) is 7. The molecule has 184 valence electrons. The molecule has 0 aliphatic carbocycles. The summed E-state index contributed by atoms with van der Waals surface area (Å²) in [7, 11) is 0. The Labute approximate surface area is 211 Å². The molecule has 36 heavy (non-hydrogen) atoms. The molecule has 1 amide bonds. The van der Waals surface area contributed by atoms with Crippen LogP contribution in [-0.4, -0.2) is 40.4 Å². The summed E-state index contributed by atoms with van der Waals surface area (Å²) < 4.78 is 5.89. The Balaban J connectivity index is 1.39. The maximum Gasteiger partial charge on any atom is 0.264 e. The molecule has 0 unspecified atom stereocenters. The highest BCUT2D eigenvalue weighted by atomic mass is 16.5. The molecule has 2 heterocycles. The summed E-state index contributed by atoms with van der Waals surface area (Å²) in [6.07, 6.45) is 3.15. The topological polar surface area (TPSA) is 117 Å². The van der Waals surface area contributed by atoms with Gasteiger partial charge in [0.1, 0.15) is 41.1 Å². The smallest absolute Gasteiger partial charge is 0.264 e. The van der Waals surface area contributed by atoms with Crippen LogP contribution < -0.4 is 15.8 Å². The van der Waals surface area contributed by atoms with Crippen LogP contribution >= 0.6 is 0 Å². The van der Waals surface area contributed by atoms with Crippen LogP contribution in [0.4, 0.5) is 11.6 Å². The number of carbonyl (C=O) groups is 1. The molecule has 1 fully saturated rings. The van der Waals surface area contributed by atoms with Crippen LogP contribution in [0.25, 0.3) is 11.1 Å². The van der Waals surface area contributed by atoms with Crippen molar-refractivity contribution in [3.8, 4) is 28.7 Å². The molecule has 8 heteroatoms. The predicted molar refractivity (Wildman–Crippen MR) is 140 cm³/mol. The Hall–Kier alpha value is -4.38. The van der Waals surface area contributed by atoms with E-state index < -0.39 is 0 Å². The molecule has 1 aromatic heterocycles. The number of likely N-dealkylation sites (tertiary alicyclic amines) is 1. The van der Waals surface area contributed by atoms with Crippen molar-refractivity contribution in [2.75, 3.05) is 30.7 Å². The van der Waals surface area contributed by atoms with Gasteiger partial charge in [-0.1, -0.05) is 35.9 Å². The zero-order valence-electron chi connectivity index (χ0n) is 20.6. The van der Waals surface area contributed by atoms with Gasteiger partial charge >= 0.3 is 0 Å². The van der Waals surface area contributed by atoms with E-state index >= 15 is 0 Å². The average molecular weight is 483 g/mol. The third-order valence-corrected chi connectivity index (χ3v) is 6.28. The minimum absolute atomic E-state index is 0.172. The minimum atomic E-state index is -0.172. The lowest BCUT2D eigenvalue weighted by atomic mass is 9.95. The second-order valence-electron chi connectivity index (χ2n) is 9.03. The number of nitrogens with one attached hydrogen (secondary N) is 1. The number of amides is 1. The van der Waals surface area contributed by atoms with Gasteiger partial charge in [0.2, 0.25) is 0 Å². The Morgan fingerprint density at radius 1 is 1.08 bits per heavy atom. The summed E-state index contributed by atoms with van der Waals surface area (Å²) in [6, 6.07) is 19.3. The molecule has 1 aliphatic heterocycles. The predicted octanol–water partition coefficient (Wildman–Crippen LogP) is 5.03. The molecular weight excluding hydrogens is 452 g/mol. The van der Waals surface area contributed by atoms with Gasteiger partial charge in [-0.05, 0) is 62.4 Å². The number of benzene rings is 2. The van der Waals surface area contributed by atoms with E-state index in [1.54, 1.807) is 18.7 Å². The van der Waals surface area contributed by atoms with Gasteiger partial charge in [0.25, 0.3) is 5.91 Å². The maximum absolute atomic E-state index is 12.6. The van der Waals surface area contributed by atoms with Crippen molar-refractivity contribution in [2.24, 2.45) is 5.92 Å². The first-order valence-corrected chi connectivity index (χ1v) is 12.0. The van der Waals surface area contributed by atoms with E-state index in [-0.39, 0.29) is 11.5 Å². The number of hydrogen-bond donors (Lipinski definition) is 2. The second kappa shape index (κ2) is 11.4. The molecule has 3 N–H and O–H groups in total. The van der Waals surface area contributed by atoms with Gasteiger partial charge in [0.05, 0.1) is 5.56 Å². The van der Waals surface area contributed by atoms with Crippen LogP contribution in [-0.2, 0) is 4.79 Å². The van der Waals surface area contributed by atoms with Crippen LogP contribution in [0.3, 0.4) is 0 Å². The fraction of sp³-hybridized carbons (Fsp3) is 0.286. The third-order valence-electron chi connectivity index (χ3n) is 6.28. The third kappa shape index (κ3) is 5.81. The number of nitrogens with zero attached hydrogens (tertiary/aromatic N) is 4. The largest absolute Gasteiger partial charge is 0.457 e. The molecule has 2 aromatic carbocycles. The summed E-state index contributed by atoms with van der Waals surface area (Å²) in [5, 5.41) is 12.7. The van der Waals surface area contributed by atoms with E-state index in [4.69, 9.17) is 10.5 Å². The Morgan fingerprint density at radius 2 is 1.75 bits per heavy atom. The number of rotatable bonds is 7. The lowest BCUT2D eigenvalue weighted by molar-refractivity contribution is -0.128. The Kier molecular flexibility index (Phi) is 7.81. The van der Waals surface area contributed by atoms with Gasteiger partial charge in [0, 0.05) is 19.6 Å². The molecule has 4 rings (SSSR count). The van der Waals surface area contributed by atoms with Crippen molar-refractivity contribution in [1.29, 1.82) is 5.26 Å². The van der Waals surface area contributed by atoms with Crippen molar-refractivity contribution in [2.45, 2.75) is 26.7 Å². The van der Waals surface area contributed by atoms with Crippen molar-refractivity contribution in [3.63, 3.8) is 0 Å². The molecule has 0 atom stereocenters. The van der Waals surface area contributed by atoms with E-state index in [1.807, 2.05) is 60.7 Å². The Morgan fingerprint density at radius 3 is 2.39 bits per heavy atom. The molecule has 1 aliphatic rings. The van der Waals surface area contributed by atoms with E-state index in [0.717, 1.165) is 41.0 Å². The van der Waals surface area contributed by atoms with E-state index in [9.17, 15) is 10.1 Å². The van der Waals surface area contributed by atoms with E-state index in [1.165, 1.54) is 6.33 Å². The highest BCUT2D eigenvalue weighted by Gasteiger charge is 2.25. The zero-order chi connectivity index (χ0) is 25.5. The number of aromatic nitrogens is 2. The van der Waals surface area contributed by atoms with Crippen molar-refractivity contribution >= 4 is 17.5 Å². The monoisotopic (exact) mass is 482 g/mol. The lowest BCUT2D eigenvalue weighted by Gasteiger charge is -2.32.